The zero-order valence-corrected chi connectivity index (χ0v) is 17.3. The fraction of sp³-hybridized carbons (Fsp3) is 0.304. The van der Waals surface area contributed by atoms with E-state index in [1.54, 1.807) is 44.2 Å². The lowest BCUT2D eigenvalue weighted by Crippen LogP contribution is -2.56. The Labute approximate surface area is 176 Å². The molecule has 30 heavy (non-hydrogen) atoms. The molecule has 0 saturated carbocycles. The number of aldehydes is 1. The van der Waals surface area contributed by atoms with Gasteiger partial charge in [-0.2, -0.15) is 0 Å². The predicted molar refractivity (Wildman–Crippen MR) is 114 cm³/mol. The van der Waals surface area contributed by atoms with E-state index < -0.39 is 29.4 Å². The summed E-state index contributed by atoms with van der Waals surface area (Å²) in [5, 5.41) is 7.93. The van der Waals surface area contributed by atoms with Crippen LogP contribution in [0.5, 0.6) is 0 Å². The molecule has 0 aliphatic heterocycles. The van der Waals surface area contributed by atoms with Crippen molar-refractivity contribution in [2.45, 2.75) is 44.8 Å². The third kappa shape index (κ3) is 6.84. The molecule has 0 aromatic heterocycles. The van der Waals surface area contributed by atoms with E-state index >= 15 is 0 Å². The van der Waals surface area contributed by atoms with Gasteiger partial charge >= 0.3 is 0 Å². The monoisotopic (exact) mass is 409 g/mol. The minimum atomic E-state index is -1.04. The van der Waals surface area contributed by atoms with Gasteiger partial charge in [0, 0.05) is 12.0 Å². The van der Waals surface area contributed by atoms with Gasteiger partial charge in [0.2, 0.25) is 11.8 Å². The molecule has 0 saturated heterocycles. The van der Waals surface area contributed by atoms with E-state index in [0.29, 0.717) is 11.8 Å². The SMILES string of the molecule is CC(NC(=O)C(Cc1ccccc1)NC(=O)c1ccccc1)C(=O)NC(C)(C)C=O. The number of hydrogen-bond donors (Lipinski definition) is 3. The van der Waals surface area contributed by atoms with Crippen LogP contribution >= 0.6 is 0 Å². The number of carbonyl (C=O) groups excluding carboxylic acids is 4. The molecule has 7 heteroatoms. The Morgan fingerprint density at radius 1 is 0.900 bits per heavy atom. The molecule has 0 radical (unpaired) electrons. The van der Waals surface area contributed by atoms with Crippen LogP contribution in [-0.2, 0) is 20.8 Å². The Kier molecular flexibility index (Phi) is 7.86. The number of benzene rings is 2. The molecule has 0 heterocycles. The summed E-state index contributed by atoms with van der Waals surface area (Å²) >= 11 is 0. The van der Waals surface area contributed by atoms with Crippen LogP contribution in [0.2, 0.25) is 0 Å². The van der Waals surface area contributed by atoms with E-state index in [1.165, 1.54) is 6.92 Å². The first-order valence-corrected chi connectivity index (χ1v) is 9.70. The van der Waals surface area contributed by atoms with Crippen molar-refractivity contribution >= 4 is 24.0 Å². The van der Waals surface area contributed by atoms with E-state index in [4.69, 9.17) is 0 Å². The molecule has 3 N–H and O–H groups in total. The molecule has 7 nitrogen and oxygen atoms in total. The normalized spacial score (nSPS) is 12.9. The van der Waals surface area contributed by atoms with Gasteiger partial charge in [0.25, 0.3) is 5.91 Å². The summed E-state index contributed by atoms with van der Waals surface area (Å²) in [6.45, 7) is 4.64. The number of hydrogen-bond acceptors (Lipinski definition) is 4. The molecule has 2 unspecified atom stereocenters. The first-order valence-electron chi connectivity index (χ1n) is 9.70. The lowest BCUT2D eigenvalue weighted by molar-refractivity contribution is -0.131. The van der Waals surface area contributed by atoms with Gasteiger partial charge in [-0.15, -0.1) is 0 Å². The molecule has 2 atom stereocenters. The van der Waals surface area contributed by atoms with Gasteiger partial charge in [0.1, 0.15) is 18.4 Å². The van der Waals surface area contributed by atoms with Gasteiger partial charge in [0.15, 0.2) is 0 Å². The molecule has 0 aliphatic rings. The first kappa shape index (κ1) is 22.8. The van der Waals surface area contributed by atoms with Crippen molar-refractivity contribution in [1.29, 1.82) is 0 Å². The van der Waals surface area contributed by atoms with Gasteiger partial charge in [-0.25, -0.2) is 0 Å². The average molecular weight is 409 g/mol. The highest BCUT2D eigenvalue weighted by molar-refractivity contribution is 5.98. The summed E-state index contributed by atoms with van der Waals surface area (Å²) in [5.74, 6) is -1.37. The van der Waals surface area contributed by atoms with Crippen molar-refractivity contribution in [2.75, 3.05) is 0 Å². The van der Waals surface area contributed by atoms with Gasteiger partial charge in [-0.05, 0) is 38.5 Å². The van der Waals surface area contributed by atoms with Crippen LogP contribution in [0.1, 0.15) is 36.7 Å². The van der Waals surface area contributed by atoms with Crippen LogP contribution in [0, 0.1) is 0 Å². The third-order valence-electron chi connectivity index (χ3n) is 4.43. The average Bonchev–Trinajstić information content (AvgIpc) is 2.74. The Balaban J connectivity index is 2.12. The van der Waals surface area contributed by atoms with Crippen LogP contribution in [0.3, 0.4) is 0 Å². The van der Waals surface area contributed by atoms with Crippen LogP contribution in [0.4, 0.5) is 0 Å². The lowest BCUT2D eigenvalue weighted by Gasteiger charge is -2.24. The predicted octanol–water partition coefficient (Wildman–Crippen LogP) is 1.63. The molecule has 3 amide bonds. The molecule has 2 rings (SSSR count). The van der Waals surface area contributed by atoms with Crippen molar-refractivity contribution in [1.82, 2.24) is 16.0 Å². The maximum atomic E-state index is 12.9. The van der Waals surface area contributed by atoms with Crippen molar-refractivity contribution in [3.05, 3.63) is 71.8 Å². The zero-order valence-electron chi connectivity index (χ0n) is 17.3. The highest BCUT2D eigenvalue weighted by Gasteiger charge is 2.27. The van der Waals surface area contributed by atoms with Crippen LogP contribution in [-0.4, -0.2) is 41.6 Å². The standard InChI is InChI=1S/C23H27N3O4/c1-16(20(28)26-23(2,3)15-27)24-22(30)19(14-17-10-6-4-7-11-17)25-21(29)18-12-8-5-9-13-18/h4-13,15-16,19H,14H2,1-3H3,(H,24,30)(H,25,29)(H,26,28). The summed E-state index contributed by atoms with van der Waals surface area (Å²) in [6, 6.07) is 16.1. The molecule has 158 valence electrons. The summed E-state index contributed by atoms with van der Waals surface area (Å²) in [5.41, 5.74) is 0.258. The lowest BCUT2D eigenvalue weighted by atomic mass is 10.0. The number of nitrogens with one attached hydrogen (secondary N) is 3. The second kappa shape index (κ2) is 10.3. The van der Waals surface area contributed by atoms with Crippen LogP contribution in [0.25, 0.3) is 0 Å². The van der Waals surface area contributed by atoms with Crippen molar-refractivity contribution < 1.29 is 19.2 Å². The molecule has 2 aromatic carbocycles. The Bertz CT molecular complexity index is 882. The molecule has 0 aliphatic carbocycles. The minimum Gasteiger partial charge on any atom is -0.343 e. The van der Waals surface area contributed by atoms with Crippen molar-refractivity contribution in [3.63, 3.8) is 0 Å². The van der Waals surface area contributed by atoms with Crippen LogP contribution in [0.15, 0.2) is 60.7 Å². The topological polar surface area (TPSA) is 104 Å². The Morgan fingerprint density at radius 3 is 2.03 bits per heavy atom. The number of amides is 3. The zero-order chi connectivity index (χ0) is 22.1. The van der Waals surface area contributed by atoms with E-state index in [2.05, 4.69) is 16.0 Å². The van der Waals surface area contributed by atoms with Gasteiger partial charge < -0.3 is 20.7 Å². The number of carbonyl (C=O) groups is 4. The third-order valence-corrected chi connectivity index (χ3v) is 4.43. The Morgan fingerprint density at radius 2 is 1.47 bits per heavy atom. The minimum absolute atomic E-state index is 0.263. The largest absolute Gasteiger partial charge is 0.343 e. The maximum Gasteiger partial charge on any atom is 0.251 e. The molecule has 0 spiro atoms. The molecular weight excluding hydrogens is 382 g/mol. The fourth-order valence-electron chi connectivity index (χ4n) is 2.72. The molecule has 0 bridgehead atoms. The van der Waals surface area contributed by atoms with Crippen LogP contribution < -0.4 is 16.0 Å². The highest BCUT2D eigenvalue weighted by atomic mass is 16.2. The van der Waals surface area contributed by atoms with Gasteiger partial charge in [-0.3, -0.25) is 14.4 Å². The summed E-state index contributed by atoms with van der Waals surface area (Å²) in [6.07, 6.45) is 0.886. The molecule has 2 aromatic rings. The Hall–Kier alpha value is -3.48. The second-order valence-electron chi connectivity index (χ2n) is 7.64. The fourth-order valence-corrected chi connectivity index (χ4v) is 2.72. The first-order chi connectivity index (χ1) is 14.2. The van der Waals surface area contributed by atoms with Crippen molar-refractivity contribution in [3.8, 4) is 0 Å². The quantitative estimate of drug-likeness (QED) is 0.548. The second-order valence-corrected chi connectivity index (χ2v) is 7.64. The summed E-state index contributed by atoms with van der Waals surface area (Å²) in [4.78, 5) is 48.8. The van der Waals surface area contributed by atoms with Gasteiger partial charge in [0.05, 0.1) is 5.54 Å². The summed E-state index contributed by atoms with van der Waals surface area (Å²) < 4.78 is 0. The van der Waals surface area contributed by atoms with E-state index in [0.717, 1.165) is 5.56 Å². The number of rotatable bonds is 9. The maximum absolute atomic E-state index is 12.9. The molecular formula is C23H27N3O4. The van der Waals surface area contributed by atoms with E-state index in [9.17, 15) is 19.2 Å². The van der Waals surface area contributed by atoms with Gasteiger partial charge in [-0.1, -0.05) is 48.5 Å². The molecule has 0 fully saturated rings. The smallest absolute Gasteiger partial charge is 0.251 e. The summed E-state index contributed by atoms with van der Waals surface area (Å²) in [7, 11) is 0. The highest BCUT2D eigenvalue weighted by Crippen LogP contribution is 2.06. The van der Waals surface area contributed by atoms with Crippen molar-refractivity contribution in [2.24, 2.45) is 0 Å². The van der Waals surface area contributed by atoms with E-state index in [-0.39, 0.29) is 12.3 Å². The van der Waals surface area contributed by atoms with E-state index in [1.807, 2.05) is 30.3 Å².